The lowest BCUT2D eigenvalue weighted by Crippen LogP contribution is -2.49. The van der Waals surface area contributed by atoms with Gasteiger partial charge in [-0.1, -0.05) is 38.9 Å². The minimum Gasteiger partial charge on any atom is -0.460 e. The standard InChI is InChI=1S/C14H28O2Si/c1-13(2,3)16-12(15)14(17(4,5)6)10-8-7-9-11-14/h7-11H2,1-6H3. The maximum absolute atomic E-state index is 12.6. The Morgan fingerprint density at radius 3 is 1.88 bits per heavy atom. The molecular formula is C14H28O2Si. The van der Waals surface area contributed by atoms with Crippen molar-refractivity contribution in [2.75, 3.05) is 0 Å². The highest BCUT2D eigenvalue weighted by molar-refractivity contribution is 6.82. The summed E-state index contributed by atoms with van der Waals surface area (Å²) in [6.07, 6.45) is 5.72. The second-order valence-electron chi connectivity index (χ2n) is 7.39. The lowest BCUT2D eigenvalue weighted by atomic mass is 9.88. The molecule has 0 aromatic carbocycles. The second kappa shape index (κ2) is 4.75. The normalized spacial score (nSPS) is 21.1. The Morgan fingerprint density at radius 1 is 1.06 bits per heavy atom. The molecule has 0 aromatic heterocycles. The maximum Gasteiger partial charge on any atom is 0.309 e. The highest BCUT2D eigenvalue weighted by Gasteiger charge is 2.51. The van der Waals surface area contributed by atoms with Gasteiger partial charge in [0, 0.05) is 0 Å². The first kappa shape index (κ1) is 14.7. The van der Waals surface area contributed by atoms with Gasteiger partial charge in [-0.2, -0.15) is 0 Å². The maximum atomic E-state index is 12.6. The Morgan fingerprint density at radius 2 is 1.53 bits per heavy atom. The van der Waals surface area contributed by atoms with Gasteiger partial charge < -0.3 is 4.74 Å². The summed E-state index contributed by atoms with van der Waals surface area (Å²) in [5.74, 6) is 0.0730. The quantitative estimate of drug-likeness (QED) is 0.541. The van der Waals surface area contributed by atoms with Crippen LogP contribution in [0.2, 0.25) is 24.7 Å². The summed E-state index contributed by atoms with van der Waals surface area (Å²) in [6.45, 7) is 12.8. The number of rotatable bonds is 2. The van der Waals surface area contributed by atoms with Crippen molar-refractivity contribution in [3.05, 3.63) is 0 Å². The summed E-state index contributed by atoms with van der Waals surface area (Å²) < 4.78 is 5.70. The largest absolute Gasteiger partial charge is 0.460 e. The number of ether oxygens (including phenoxy) is 1. The Bertz CT molecular complexity index is 278. The van der Waals surface area contributed by atoms with Crippen LogP contribution in [-0.2, 0) is 9.53 Å². The van der Waals surface area contributed by atoms with Crippen molar-refractivity contribution in [1.82, 2.24) is 0 Å². The van der Waals surface area contributed by atoms with E-state index in [4.69, 9.17) is 4.74 Å². The lowest BCUT2D eigenvalue weighted by molar-refractivity contribution is -0.160. The van der Waals surface area contributed by atoms with Crippen molar-refractivity contribution in [3.8, 4) is 0 Å². The van der Waals surface area contributed by atoms with Gasteiger partial charge in [0.25, 0.3) is 0 Å². The van der Waals surface area contributed by atoms with E-state index in [-0.39, 0.29) is 16.6 Å². The molecule has 1 rings (SSSR count). The van der Waals surface area contributed by atoms with Crippen molar-refractivity contribution in [3.63, 3.8) is 0 Å². The van der Waals surface area contributed by atoms with E-state index < -0.39 is 8.07 Å². The van der Waals surface area contributed by atoms with Crippen LogP contribution in [0.4, 0.5) is 0 Å². The molecule has 0 unspecified atom stereocenters. The van der Waals surface area contributed by atoms with Crippen molar-refractivity contribution in [2.45, 2.75) is 83.2 Å². The van der Waals surface area contributed by atoms with Crippen molar-refractivity contribution in [1.29, 1.82) is 0 Å². The van der Waals surface area contributed by atoms with Crippen LogP contribution in [0, 0.1) is 0 Å². The third-order valence-electron chi connectivity index (χ3n) is 3.93. The Labute approximate surface area is 107 Å². The first-order valence-electron chi connectivity index (χ1n) is 6.82. The van der Waals surface area contributed by atoms with Gasteiger partial charge in [0.2, 0.25) is 0 Å². The second-order valence-corrected chi connectivity index (χ2v) is 12.9. The third kappa shape index (κ3) is 3.33. The molecule has 1 aliphatic rings. The number of esters is 1. The van der Waals surface area contributed by atoms with Gasteiger partial charge in [-0.15, -0.1) is 0 Å². The number of hydrogen-bond donors (Lipinski definition) is 0. The molecule has 17 heavy (non-hydrogen) atoms. The molecule has 1 saturated carbocycles. The van der Waals surface area contributed by atoms with E-state index in [1.165, 1.54) is 19.3 Å². The van der Waals surface area contributed by atoms with Crippen LogP contribution in [0.3, 0.4) is 0 Å². The Kier molecular flexibility index (Phi) is 4.12. The SMILES string of the molecule is CC(C)(C)OC(=O)C1([Si](C)(C)C)CCCCC1. The Balaban J connectivity index is 2.95. The highest BCUT2D eigenvalue weighted by atomic mass is 28.3. The average molecular weight is 256 g/mol. The van der Waals surface area contributed by atoms with Gasteiger partial charge >= 0.3 is 5.97 Å². The highest BCUT2D eigenvalue weighted by Crippen LogP contribution is 2.52. The molecule has 3 heteroatoms. The van der Waals surface area contributed by atoms with Crippen molar-refractivity contribution >= 4 is 14.0 Å². The minimum atomic E-state index is -1.54. The van der Waals surface area contributed by atoms with Gasteiger partial charge in [-0.05, 0) is 33.6 Å². The topological polar surface area (TPSA) is 26.3 Å². The molecule has 0 spiro atoms. The fourth-order valence-corrected chi connectivity index (χ4v) is 5.31. The minimum absolute atomic E-state index is 0.0730. The molecule has 1 aliphatic carbocycles. The van der Waals surface area contributed by atoms with Gasteiger partial charge in [-0.25, -0.2) is 0 Å². The summed E-state index contributed by atoms with van der Waals surface area (Å²) in [7, 11) is -1.54. The van der Waals surface area contributed by atoms with E-state index in [1.54, 1.807) is 0 Å². The van der Waals surface area contributed by atoms with Gasteiger partial charge in [0.05, 0.1) is 13.1 Å². The first-order valence-corrected chi connectivity index (χ1v) is 10.3. The predicted molar refractivity (Wildman–Crippen MR) is 75.0 cm³/mol. The average Bonchev–Trinajstić information content (AvgIpc) is 2.14. The van der Waals surface area contributed by atoms with Gasteiger partial charge in [0.15, 0.2) is 0 Å². The summed E-state index contributed by atoms with van der Waals surface area (Å²) in [5, 5.41) is -0.140. The fourth-order valence-electron chi connectivity index (χ4n) is 2.79. The molecule has 0 amide bonds. The molecule has 100 valence electrons. The predicted octanol–water partition coefficient (Wildman–Crippen LogP) is 4.37. The molecule has 0 heterocycles. The molecule has 0 bridgehead atoms. The van der Waals surface area contributed by atoms with Crippen LogP contribution in [0.15, 0.2) is 0 Å². The van der Waals surface area contributed by atoms with Crippen LogP contribution in [0.5, 0.6) is 0 Å². The molecule has 2 nitrogen and oxygen atoms in total. The van der Waals surface area contributed by atoms with E-state index in [0.29, 0.717) is 0 Å². The summed E-state index contributed by atoms with van der Waals surface area (Å²) in [6, 6.07) is 0. The summed E-state index contributed by atoms with van der Waals surface area (Å²) >= 11 is 0. The van der Waals surface area contributed by atoms with Crippen LogP contribution in [-0.4, -0.2) is 19.6 Å². The van der Waals surface area contributed by atoms with Crippen molar-refractivity contribution < 1.29 is 9.53 Å². The molecule has 0 N–H and O–H groups in total. The van der Waals surface area contributed by atoms with E-state index in [1.807, 2.05) is 20.8 Å². The van der Waals surface area contributed by atoms with Crippen LogP contribution in [0.1, 0.15) is 52.9 Å². The molecule has 0 atom stereocenters. The number of carbonyl (C=O) groups is 1. The van der Waals surface area contributed by atoms with Gasteiger partial charge in [0.1, 0.15) is 5.60 Å². The number of hydrogen-bond acceptors (Lipinski definition) is 2. The van der Waals surface area contributed by atoms with E-state index in [0.717, 1.165) is 12.8 Å². The molecule has 0 aromatic rings. The fraction of sp³-hybridized carbons (Fsp3) is 0.929. The Hall–Kier alpha value is -0.313. The zero-order valence-corrected chi connectivity index (χ0v) is 13.4. The zero-order valence-electron chi connectivity index (χ0n) is 12.4. The first-order chi connectivity index (χ1) is 7.58. The molecule has 0 saturated heterocycles. The number of carbonyl (C=O) groups excluding carboxylic acids is 1. The molecule has 0 radical (unpaired) electrons. The van der Waals surface area contributed by atoms with Crippen molar-refractivity contribution in [2.24, 2.45) is 0 Å². The summed E-state index contributed by atoms with van der Waals surface area (Å²) in [4.78, 5) is 12.6. The van der Waals surface area contributed by atoms with Gasteiger partial charge in [-0.3, -0.25) is 4.79 Å². The smallest absolute Gasteiger partial charge is 0.309 e. The summed E-state index contributed by atoms with van der Waals surface area (Å²) in [5.41, 5.74) is -0.360. The molecular weight excluding hydrogens is 228 g/mol. The zero-order chi connectivity index (χ0) is 13.3. The van der Waals surface area contributed by atoms with Crippen LogP contribution in [0.25, 0.3) is 0 Å². The molecule has 0 aliphatic heterocycles. The van der Waals surface area contributed by atoms with E-state index in [9.17, 15) is 4.79 Å². The lowest BCUT2D eigenvalue weighted by Gasteiger charge is -2.45. The van der Waals surface area contributed by atoms with Crippen LogP contribution >= 0.6 is 0 Å². The van der Waals surface area contributed by atoms with E-state index >= 15 is 0 Å². The monoisotopic (exact) mass is 256 g/mol. The molecule has 1 fully saturated rings. The third-order valence-corrected chi connectivity index (χ3v) is 7.51. The van der Waals surface area contributed by atoms with E-state index in [2.05, 4.69) is 19.6 Å². The van der Waals surface area contributed by atoms with Crippen LogP contribution < -0.4 is 0 Å².